The molecule has 0 unspecified atom stereocenters. The molecule has 14 atom stereocenters. The van der Waals surface area contributed by atoms with Crippen molar-refractivity contribution < 1.29 is 53.7 Å². The quantitative estimate of drug-likeness (QED) is 0.265. The number of nitrogens with zero attached hydrogens (tertiary/aromatic N) is 2. The van der Waals surface area contributed by atoms with Crippen LogP contribution in [0.5, 0.6) is 11.5 Å². The average molecular weight is 800 g/mol. The number of anilines is 1. The number of urea groups is 1. The van der Waals surface area contributed by atoms with Crippen molar-refractivity contribution in [3.63, 3.8) is 0 Å². The van der Waals surface area contributed by atoms with Gasteiger partial charge in [0.15, 0.2) is 12.4 Å². The third-order valence-electron chi connectivity index (χ3n) is 12.1. The smallest absolute Gasteiger partial charge is 0.324 e. The van der Waals surface area contributed by atoms with Gasteiger partial charge >= 0.3 is 12.0 Å². The van der Waals surface area contributed by atoms with Gasteiger partial charge < -0.3 is 54.3 Å². The minimum absolute atomic E-state index is 0.183. The van der Waals surface area contributed by atoms with E-state index in [1.807, 2.05) is 56.3 Å². The lowest BCUT2D eigenvalue weighted by Gasteiger charge is -2.48. The molecule has 57 heavy (non-hydrogen) atoms. The molecule has 14 nitrogen and oxygen atoms in total. The summed E-state index contributed by atoms with van der Waals surface area (Å²) >= 11 is 0. The van der Waals surface area contributed by atoms with E-state index in [9.17, 15) is 30.0 Å². The Balaban J connectivity index is 1.51. The highest BCUT2D eigenvalue weighted by molar-refractivity contribution is 5.94. The first kappa shape index (κ1) is 44.6. The molecule has 3 aliphatic heterocycles. The summed E-state index contributed by atoms with van der Waals surface area (Å²) in [6.45, 7) is 14.7. The van der Waals surface area contributed by atoms with Crippen LogP contribution in [-0.4, -0.2) is 130 Å². The fourth-order valence-corrected chi connectivity index (χ4v) is 8.70. The molecule has 2 aromatic carbocycles. The fraction of sp³-hybridized carbons (Fsp3) is 0.674. The molecular formula is C43H65N3O11. The average Bonchev–Trinajstić information content (AvgIpc) is 3.19. The maximum Gasteiger partial charge on any atom is 0.324 e. The Morgan fingerprint density at radius 1 is 1.02 bits per heavy atom. The zero-order chi connectivity index (χ0) is 41.8. The molecule has 318 valence electrons. The van der Waals surface area contributed by atoms with Crippen LogP contribution in [0.2, 0.25) is 0 Å². The Morgan fingerprint density at radius 2 is 1.68 bits per heavy atom. The Morgan fingerprint density at radius 3 is 2.37 bits per heavy atom. The molecule has 0 bridgehead atoms. The summed E-state index contributed by atoms with van der Waals surface area (Å²) in [5, 5.41) is 50.3. The monoisotopic (exact) mass is 799 g/mol. The SMILES string of the molecule is CC[C@H]1OC(=O)[C@H](C)[C@@H](O)[C@H](C)[C@@H](O[C@@H]2O[C@H](C)C[C@H](N(C)C(=O)N3CCOc4ccccc43)[C@H]2Oc2ccccc2)[C@](C)(O)C[C@@H](C)CN[C@H](C)[C@@H](O)[C@]1(C)O. The van der Waals surface area contributed by atoms with E-state index in [1.54, 1.807) is 56.7 Å². The zero-order valence-electron chi connectivity index (χ0n) is 34.9. The van der Waals surface area contributed by atoms with Gasteiger partial charge in [0.1, 0.15) is 35.9 Å². The lowest BCUT2D eigenvalue weighted by atomic mass is 9.78. The van der Waals surface area contributed by atoms with E-state index in [-0.39, 0.29) is 24.8 Å². The van der Waals surface area contributed by atoms with Crippen LogP contribution >= 0.6 is 0 Å². The number of para-hydroxylation sites is 3. The number of esters is 1. The predicted octanol–water partition coefficient (Wildman–Crippen LogP) is 4.11. The number of nitrogens with one attached hydrogen (secondary N) is 1. The minimum Gasteiger partial charge on any atom is -0.490 e. The van der Waals surface area contributed by atoms with Gasteiger partial charge in [-0.15, -0.1) is 0 Å². The van der Waals surface area contributed by atoms with E-state index in [2.05, 4.69) is 5.32 Å². The van der Waals surface area contributed by atoms with Crippen LogP contribution in [0.4, 0.5) is 10.5 Å². The first-order valence-electron chi connectivity index (χ1n) is 20.4. The summed E-state index contributed by atoms with van der Waals surface area (Å²) in [5.74, 6) is -1.81. The van der Waals surface area contributed by atoms with Crippen LogP contribution in [-0.2, 0) is 19.0 Å². The number of rotatable bonds is 6. The summed E-state index contributed by atoms with van der Waals surface area (Å²) < 4.78 is 31.7. The van der Waals surface area contributed by atoms with Crippen LogP contribution in [0.1, 0.15) is 74.7 Å². The van der Waals surface area contributed by atoms with Crippen molar-refractivity contribution in [2.75, 3.05) is 31.6 Å². The first-order chi connectivity index (χ1) is 26.9. The van der Waals surface area contributed by atoms with E-state index in [4.69, 9.17) is 23.7 Å². The highest BCUT2D eigenvalue weighted by Gasteiger charge is 2.51. The molecule has 0 spiro atoms. The standard InChI is InChI=1S/C43H65N3O11/c1-10-34-43(8,52)37(48)29(6)44-24-25(2)23-42(7,51)38(27(4)35(47)28(5)39(49)56-34)57-40-36(55-30-16-12-11-13-17-30)32(22-26(3)54-40)45(9)41(50)46-20-21-53-33-19-15-14-18-31(33)46/h11-19,25-29,32,34-38,40,44,47-48,51-52H,10,20-24H2,1-9H3/t25-,26-,27+,28-,29-,32+,34-,35+,36-,37-,38-,40+,42-,43-/m1/s1. The summed E-state index contributed by atoms with van der Waals surface area (Å²) in [4.78, 5) is 31.4. The molecule has 2 aromatic rings. The second-order valence-electron chi connectivity index (χ2n) is 16.9. The van der Waals surface area contributed by atoms with Gasteiger partial charge in [-0.3, -0.25) is 9.69 Å². The van der Waals surface area contributed by atoms with E-state index in [0.29, 0.717) is 43.3 Å². The number of likely N-dealkylation sites (N-methyl/N-ethyl adjacent to an activating group) is 1. The second kappa shape index (κ2) is 18.6. The maximum atomic E-state index is 14.4. The van der Waals surface area contributed by atoms with Crippen LogP contribution in [0.3, 0.4) is 0 Å². The third-order valence-corrected chi connectivity index (χ3v) is 12.1. The normalized spacial score (nSPS) is 38.4. The van der Waals surface area contributed by atoms with Crippen LogP contribution in [0.25, 0.3) is 0 Å². The number of carbonyl (C=O) groups is 2. The molecule has 5 rings (SSSR count). The van der Waals surface area contributed by atoms with Crippen molar-refractivity contribution in [2.45, 2.75) is 141 Å². The Labute approximate surface area is 337 Å². The molecular weight excluding hydrogens is 734 g/mol. The molecule has 3 aliphatic rings. The Kier molecular flexibility index (Phi) is 14.6. The lowest BCUT2D eigenvalue weighted by molar-refractivity contribution is -0.293. The zero-order valence-corrected chi connectivity index (χ0v) is 34.9. The lowest BCUT2D eigenvalue weighted by Crippen LogP contribution is -2.63. The van der Waals surface area contributed by atoms with Crippen LogP contribution < -0.4 is 19.7 Å². The molecule has 2 amide bonds. The number of aliphatic hydroxyl groups is 4. The van der Waals surface area contributed by atoms with Crippen LogP contribution in [0, 0.1) is 17.8 Å². The van der Waals surface area contributed by atoms with Gasteiger partial charge in [-0.2, -0.15) is 0 Å². The fourth-order valence-electron chi connectivity index (χ4n) is 8.70. The van der Waals surface area contributed by atoms with Gasteiger partial charge in [-0.05, 0) is 90.6 Å². The second-order valence-corrected chi connectivity index (χ2v) is 16.9. The largest absolute Gasteiger partial charge is 0.490 e. The van der Waals surface area contributed by atoms with Gasteiger partial charge in [0.25, 0.3) is 0 Å². The number of hydrogen-bond acceptors (Lipinski definition) is 12. The molecule has 0 radical (unpaired) electrons. The number of benzene rings is 2. The van der Waals surface area contributed by atoms with E-state index in [0.717, 1.165) is 0 Å². The van der Waals surface area contributed by atoms with Crippen LogP contribution in [0.15, 0.2) is 54.6 Å². The van der Waals surface area contributed by atoms with E-state index < -0.39 is 84.0 Å². The van der Waals surface area contributed by atoms with Gasteiger partial charge in [0.2, 0.25) is 0 Å². The molecule has 3 heterocycles. The number of carbonyl (C=O) groups excluding carboxylic acids is 2. The summed E-state index contributed by atoms with van der Waals surface area (Å²) in [7, 11) is 1.73. The molecule has 0 aromatic heterocycles. The van der Waals surface area contributed by atoms with E-state index in [1.165, 1.54) is 13.8 Å². The number of fused-ring (bicyclic) bond motifs is 1. The van der Waals surface area contributed by atoms with Gasteiger partial charge in [0, 0.05) is 19.0 Å². The molecule has 14 heteroatoms. The predicted molar refractivity (Wildman–Crippen MR) is 214 cm³/mol. The number of amides is 2. The highest BCUT2D eigenvalue weighted by atomic mass is 16.7. The number of hydrogen-bond donors (Lipinski definition) is 5. The molecule has 0 aliphatic carbocycles. The van der Waals surface area contributed by atoms with Gasteiger partial charge in [-0.25, -0.2) is 4.79 Å². The van der Waals surface area contributed by atoms with Crippen molar-refractivity contribution >= 4 is 17.7 Å². The van der Waals surface area contributed by atoms with Gasteiger partial charge in [0.05, 0.1) is 48.1 Å². The number of cyclic esters (lactones) is 1. The summed E-state index contributed by atoms with van der Waals surface area (Å²) in [5.41, 5.74) is -2.75. The molecule has 5 N–H and O–H groups in total. The van der Waals surface area contributed by atoms with Crippen molar-refractivity contribution in [3.8, 4) is 11.5 Å². The van der Waals surface area contributed by atoms with E-state index >= 15 is 0 Å². The van der Waals surface area contributed by atoms with Crippen molar-refractivity contribution in [2.24, 2.45) is 17.8 Å². The minimum atomic E-state index is -1.80. The Hall–Kier alpha value is -3.50. The van der Waals surface area contributed by atoms with Gasteiger partial charge in [-0.1, -0.05) is 51.1 Å². The maximum absolute atomic E-state index is 14.4. The number of aliphatic hydroxyl groups excluding tert-OH is 2. The highest BCUT2D eigenvalue weighted by Crippen LogP contribution is 2.38. The summed E-state index contributed by atoms with van der Waals surface area (Å²) in [6, 6.07) is 15.1. The molecule has 2 saturated heterocycles. The Bertz CT molecular complexity index is 1630. The molecule has 2 fully saturated rings. The number of ether oxygens (including phenoxy) is 5. The first-order valence-corrected chi connectivity index (χ1v) is 20.4. The third kappa shape index (κ3) is 10.0. The summed E-state index contributed by atoms with van der Waals surface area (Å²) in [6.07, 6.45) is -6.54. The van der Waals surface area contributed by atoms with Crippen molar-refractivity contribution in [1.82, 2.24) is 10.2 Å². The topological polar surface area (TPSA) is 180 Å². The molecule has 0 saturated carbocycles. The van der Waals surface area contributed by atoms with Crippen molar-refractivity contribution in [3.05, 3.63) is 54.6 Å². The van der Waals surface area contributed by atoms with Crippen molar-refractivity contribution in [1.29, 1.82) is 0 Å².